The number of amides is 2. The highest BCUT2D eigenvalue weighted by molar-refractivity contribution is 5.93. The molecule has 8 heteroatoms. The maximum absolute atomic E-state index is 12.5. The van der Waals surface area contributed by atoms with Crippen LogP contribution in [0.4, 0.5) is 16.4 Å². The molecule has 0 unspecified atom stereocenters. The number of rotatable bonds is 6. The van der Waals surface area contributed by atoms with E-state index in [-0.39, 0.29) is 18.0 Å². The van der Waals surface area contributed by atoms with E-state index in [4.69, 9.17) is 4.74 Å². The molecule has 0 bridgehead atoms. The van der Waals surface area contributed by atoms with Gasteiger partial charge in [0.25, 0.3) is 5.91 Å². The van der Waals surface area contributed by atoms with Gasteiger partial charge in [-0.2, -0.15) is 0 Å². The predicted molar refractivity (Wildman–Crippen MR) is 110 cm³/mol. The molecule has 1 saturated heterocycles. The molecular weight excluding hydrogens is 370 g/mol. The van der Waals surface area contributed by atoms with E-state index in [0.717, 1.165) is 12.1 Å². The van der Waals surface area contributed by atoms with Gasteiger partial charge < -0.3 is 20.3 Å². The number of benzene rings is 1. The Balaban J connectivity index is 1.52. The first-order valence-corrected chi connectivity index (χ1v) is 10.00. The zero-order chi connectivity index (χ0) is 20.6. The third-order valence-corrected chi connectivity index (χ3v) is 4.91. The van der Waals surface area contributed by atoms with Crippen LogP contribution in [-0.4, -0.2) is 52.6 Å². The Kier molecular flexibility index (Phi) is 6.99. The zero-order valence-corrected chi connectivity index (χ0v) is 16.9. The van der Waals surface area contributed by atoms with Crippen LogP contribution >= 0.6 is 0 Å². The minimum absolute atomic E-state index is 0.0161. The molecule has 2 heterocycles. The maximum atomic E-state index is 12.5. The van der Waals surface area contributed by atoms with Crippen molar-refractivity contribution in [1.82, 2.24) is 20.2 Å². The fourth-order valence-electron chi connectivity index (χ4n) is 3.27. The van der Waals surface area contributed by atoms with Crippen molar-refractivity contribution in [2.75, 3.05) is 25.0 Å². The lowest BCUT2D eigenvalue weighted by molar-refractivity contribution is 0.0859. The molecule has 29 heavy (non-hydrogen) atoms. The molecule has 154 valence electrons. The predicted octanol–water partition coefficient (Wildman–Crippen LogP) is 3.13. The lowest BCUT2D eigenvalue weighted by Crippen LogP contribution is -2.46. The van der Waals surface area contributed by atoms with Gasteiger partial charge in [-0.25, -0.2) is 14.8 Å². The first-order valence-electron chi connectivity index (χ1n) is 10.00. The quantitative estimate of drug-likeness (QED) is 0.777. The third kappa shape index (κ3) is 5.43. The Hall–Kier alpha value is -3.16. The van der Waals surface area contributed by atoms with E-state index in [1.54, 1.807) is 11.8 Å². The molecule has 1 aliphatic rings. The summed E-state index contributed by atoms with van der Waals surface area (Å²) in [4.78, 5) is 34.4. The fraction of sp³-hybridized carbons (Fsp3) is 0.429. The summed E-state index contributed by atoms with van der Waals surface area (Å²) < 4.78 is 5.01. The number of carbonyl (C=O) groups excluding carboxylic acids is 2. The van der Waals surface area contributed by atoms with Crippen LogP contribution in [0.2, 0.25) is 0 Å². The van der Waals surface area contributed by atoms with Crippen LogP contribution in [0.3, 0.4) is 0 Å². The maximum Gasteiger partial charge on any atom is 0.409 e. The highest BCUT2D eigenvalue weighted by Crippen LogP contribution is 2.19. The second-order valence-corrected chi connectivity index (χ2v) is 6.86. The number of hydrogen-bond acceptors (Lipinski definition) is 6. The van der Waals surface area contributed by atoms with Gasteiger partial charge in [-0.15, -0.1) is 0 Å². The average Bonchev–Trinajstić information content (AvgIpc) is 2.75. The largest absolute Gasteiger partial charge is 0.450 e. The molecule has 1 aromatic heterocycles. The highest BCUT2D eigenvalue weighted by Gasteiger charge is 2.25. The second-order valence-electron chi connectivity index (χ2n) is 6.86. The van der Waals surface area contributed by atoms with Gasteiger partial charge in [-0.05, 0) is 37.8 Å². The first-order chi connectivity index (χ1) is 14.1. The number of ether oxygens (including phenoxy) is 1. The molecule has 2 aromatic rings. The third-order valence-electron chi connectivity index (χ3n) is 4.91. The summed E-state index contributed by atoms with van der Waals surface area (Å²) in [6.45, 7) is 5.38. The molecule has 2 amide bonds. The number of nitrogens with one attached hydrogen (secondary N) is 2. The van der Waals surface area contributed by atoms with Gasteiger partial charge in [-0.1, -0.05) is 25.1 Å². The summed E-state index contributed by atoms with van der Waals surface area (Å²) in [6.07, 6.45) is 5.04. The van der Waals surface area contributed by atoms with E-state index in [1.807, 2.05) is 18.2 Å². The van der Waals surface area contributed by atoms with Crippen LogP contribution in [0, 0.1) is 0 Å². The SMILES string of the molecule is CCOC(=O)N1CCC(NC(=O)c2cnc(Nc3ccccc3CC)nc2)CC1. The van der Waals surface area contributed by atoms with Crippen molar-refractivity contribution in [3.05, 3.63) is 47.8 Å². The molecule has 3 rings (SSSR count). The van der Waals surface area contributed by atoms with Gasteiger partial charge in [0.2, 0.25) is 5.95 Å². The Morgan fingerprint density at radius 2 is 1.83 bits per heavy atom. The van der Waals surface area contributed by atoms with Gasteiger partial charge in [0, 0.05) is 37.2 Å². The molecule has 1 fully saturated rings. The van der Waals surface area contributed by atoms with Crippen molar-refractivity contribution >= 4 is 23.6 Å². The van der Waals surface area contributed by atoms with Crippen molar-refractivity contribution in [2.24, 2.45) is 0 Å². The van der Waals surface area contributed by atoms with E-state index in [9.17, 15) is 9.59 Å². The number of aryl methyl sites for hydroxylation is 1. The smallest absolute Gasteiger partial charge is 0.409 e. The molecule has 2 N–H and O–H groups in total. The Morgan fingerprint density at radius 3 is 2.48 bits per heavy atom. The average molecular weight is 397 g/mol. The van der Waals surface area contributed by atoms with E-state index in [0.29, 0.717) is 44.0 Å². The highest BCUT2D eigenvalue weighted by atomic mass is 16.6. The van der Waals surface area contributed by atoms with Crippen molar-refractivity contribution in [2.45, 2.75) is 39.2 Å². The topological polar surface area (TPSA) is 96.5 Å². The number of aromatic nitrogens is 2. The summed E-state index contributed by atoms with van der Waals surface area (Å²) in [5.41, 5.74) is 2.54. The van der Waals surface area contributed by atoms with Crippen molar-refractivity contribution in [3.63, 3.8) is 0 Å². The molecule has 0 saturated carbocycles. The van der Waals surface area contributed by atoms with Crippen molar-refractivity contribution < 1.29 is 14.3 Å². The minimum atomic E-state index is -0.293. The van der Waals surface area contributed by atoms with Crippen molar-refractivity contribution in [1.29, 1.82) is 0 Å². The summed E-state index contributed by atoms with van der Waals surface area (Å²) in [6, 6.07) is 8.00. The Morgan fingerprint density at radius 1 is 1.14 bits per heavy atom. The lowest BCUT2D eigenvalue weighted by atomic mass is 10.1. The van der Waals surface area contributed by atoms with Gasteiger partial charge in [0.05, 0.1) is 12.2 Å². The van der Waals surface area contributed by atoms with Crippen LogP contribution < -0.4 is 10.6 Å². The normalized spacial score (nSPS) is 14.3. The standard InChI is InChI=1S/C21H27N5O3/c1-3-15-7-5-6-8-18(15)25-20-22-13-16(14-23-20)19(27)24-17-9-11-26(12-10-17)21(28)29-4-2/h5-8,13-14,17H,3-4,9-12H2,1-2H3,(H,24,27)(H,22,23,25). The molecule has 8 nitrogen and oxygen atoms in total. The van der Waals surface area contributed by atoms with E-state index >= 15 is 0 Å². The number of likely N-dealkylation sites (tertiary alicyclic amines) is 1. The number of nitrogens with zero attached hydrogens (tertiary/aromatic N) is 3. The van der Waals surface area contributed by atoms with E-state index < -0.39 is 0 Å². The molecular formula is C21H27N5O3. The summed E-state index contributed by atoms with van der Waals surface area (Å²) >= 11 is 0. The first kappa shape index (κ1) is 20.6. The molecule has 1 aliphatic heterocycles. The van der Waals surface area contributed by atoms with Gasteiger partial charge in [0.15, 0.2) is 0 Å². The number of para-hydroxylation sites is 1. The molecule has 0 atom stereocenters. The van der Waals surface area contributed by atoms with Gasteiger partial charge in [0.1, 0.15) is 0 Å². The van der Waals surface area contributed by atoms with Crippen LogP contribution in [0.1, 0.15) is 42.6 Å². The van der Waals surface area contributed by atoms with Gasteiger partial charge in [-0.3, -0.25) is 4.79 Å². The summed E-state index contributed by atoms with van der Waals surface area (Å²) in [5.74, 6) is 0.241. The lowest BCUT2D eigenvalue weighted by Gasteiger charge is -2.31. The van der Waals surface area contributed by atoms with Crippen LogP contribution in [0.15, 0.2) is 36.7 Å². The van der Waals surface area contributed by atoms with Crippen molar-refractivity contribution in [3.8, 4) is 0 Å². The summed E-state index contributed by atoms with van der Waals surface area (Å²) in [7, 11) is 0. The van der Waals surface area contributed by atoms with Gasteiger partial charge >= 0.3 is 6.09 Å². The summed E-state index contributed by atoms with van der Waals surface area (Å²) in [5, 5.41) is 6.19. The van der Waals surface area contributed by atoms with Crippen LogP contribution in [-0.2, 0) is 11.2 Å². The zero-order valence-electron chi connectivity index (χ0n) is 16.9. The fourth-order valence-corrected chi connectivity index (χ4v) is 3.27. The van der Waals surface area contributed by atoms with E-state index in [1.165, 1.54) is 18.0 Å². The monoisotopic (exact) mass is 397 g/mol. The number of anilines is 2. The molecule has 0 radical (unpaired) electrons. The second kappa shape index (κ2) is 9.86. The minimum Gasteiger partial charge on any atom is -0.450 e. The molecule has 1 aromatic carbocycles. The number of piperidine rings is 1. The molecule has 0 spiro atoms. The van der Waals surface area contributed by atoms with Crippen LogP contribution in [0.25, 0.3) is 0 Å². The van der Waals surface area contributed by atoms with E-state index in [2.05, 4.69) is 33.6 Å². The number of carbonyl (C=O) groups is 2. The Labute approximate surface area is 170 Å². The Bertz CT molecular complexity index is 832. The van der Waals surface area contributed by atoms with Crippen LogP contribution in [0.5, 0.6) is 0 Å². The number of hydrogen-bond donors (Lipinski definition) is 2. The molecule has 0 aliphatic carbocycles.